The Hall–Kier alpha value is -4.20. The number of hydrogen-bond donors (Lipinski definition) is 3. The van der Waals surface area contributed by atoms with Gasteiger partial charge in [0, 0.05) is 78.5 Å². The second kappa shape index (κ2) is 11.6. The minimum atomic E-state index is -3.95. The van der Waals surface area contributed by atoms with Gasteiger partial charge < -0.3 is 25.1 Å². The number of rotatable bonds is 8. The predicted molar refractivity (Wildman–Crippen MR) is 163 cm³/mol. The Morgan fingerprint density at radius 2 is 1.90 bits per heavy atom. The van der Waals surface area contributed by atoms with Crippen molar-refractivity contribution in [2.75, 3.05) is 31.5 Å². The molecule has 1 aliphatic rings. The van der Waals surface area contributed by atoms with Gasteiger partial charge in [-0.1, -0.05) is 24.3 Å². The number of sulfonamides is 1. The van der Waals surface area contributed by atoms with Crippen LogP contribution >= 0.6 is 11.3 Å². The third-order valence-electron chi connectivity index (χ3n) is 7.56. The van der Waals surface area contributed by atoms with Crippen LogP contribution in [0.2, 0.25) is 0 Å². The molecule has 218 valence electrons. The lowest BCUT2D eigenvalue weighted by Gasteiger charge is -2.39. The molecule has 3 aromatic heterocycles. The average molecular weight is 606 g/mol. The number of thiophene rings is 1. The van der Waals surface area contributed by atoms with E-state index in [0.717, 1.165) is 45.4 Å². The van der Waals surface area contributed by atoms with Crippen molar-refractivity contribution in [3.8, 4) is 0 Å². The Bertz CT molecular complexity index is 1830. The number of urea groups is 1. The summed E-state index contributed by atoms with van der Waals surface area (Å²) in [5, 5.41) is 9.56. The number of carbonyl (C=O) groups excluding carboxylic acids is 2. The highest BCUT2D eigenvalue weighted by molar-refractivity contribution is 7.91. The van der Waals surface area contributed by atoms with Crippen molar-refractivity contribution in [1.29, 1.82) is 0 Å². The maximum absolute atomic E-state index is 13.8. The number of aryl methyl sites for hydroxylation is 1. The normalized spacial score (nSPS) is 16.2. The van der Waals surface area contributed by atoms with Crippen molar-refractivity contribution in [1.82, 2.24) is 29.1 Å². The Labute approximate surface area is 247 Å². The summed E-state index contributed by atoms with van der Waals surface area (Å²) in [5.74, 6) is -0.497. The third-order valence-corrected chi connectivity index (χ3v) is 10.8. The molecule has 0 unspecified atom stereocenters. The first kappa shape index (κ1) is 27.9. The number of aromatic nitrogens is 3. The third kappa shape index (κ3) is 5.26. The molecule has 1 aliphatic heterocycles. The Morgan fingerprint density at radius 1 is 1.07 bits per heavy atom. The van der Waals surface area contributed by atoms with Crippen molar-refractivity contribution in [3.63, 3.8) is 0 Å². The van der Waals surface area contributed by atoms with E-state index in [0.29, 0.717) is 18.7 Å². The predicted octanol–water partition coefficient (Wildman–Crippen LogP) is 3.86. The van der Waals surface area contributed by atoms with Crippen LogP contribution in [0, 0.1) is 0 Å². The molecule has 42 heavy (non-hydrogen) atoms. The fourth-order valence-corrected chi connectivity index (χ4v) is 8.20. The highest BCUT2D eigenvalue weighted by Gasteiger charge is 2.41. The van der Waals surface area contributed by atoms with Gasteiger partial charge in [-0.3, -0.25) is 4.79 Å². The summed E-state index contributed by atoms with van der Waals surface area (Å²) >= 11 is 1.10. The van der Waals surface area contributed by atoms with Gasteiger partial charge in [0.25, 0.3) is 10.0 Å². The quantitative estimate of drug-likeness (QED) is 0.247. The van der Waals surface area contributed by atoms with E-state index in [9.17, 15) is 18.0 Å². The van der Waals surface area contributed by atoms with Crippen LogP contribution in [0.5, 0.6) is 0 Å². The lowest BCUT2D eigenvalue weighted by Crippen LogP contribution is -2.61. The first-order valence-corrected chi connectivity index (χ1v) is 16.1. The molecule has 3 amide bonds. The molecule has 0 radical (unpaired) electrons. The lowest BCUT2D eigenvalue weighted by molar-refractivity contribution is -0.121. The molecule has 1 atom stereocenters. The molecule has 0 aliphatic carbocycles. The Kier molecular flexibility index (Phi) is 7.71. The number of H-pyrrole nitrogens is 1. The van der Waals surface area contributed by atoms with Crippen molar-refractivity contribution in [2.24, 2.45) is 0 Å². The number of carbonyl (C=O) groups is 2. The molecular formula is C29H31N7O4S2. The van der Waals surface area contributed by atoms with Crippen LogP contribution in [0.25, 0.3) is 21.8 Å². The largest absolute Gasteiger partial charge is 0.348 e. The summed E-state index contributed by atoms with van der Waals surface area (Å²) in [4.78, 5) is 35.3. The van der Waals surface area contributed by atoms with Crippen LogP contribution in [0.15, 0.2) is 76.7 Å². The van der Waals surface area contributed by atoms with Crippen LogP contribution < -0.4 is 10.6 Å². The van der Waals surface area contributed by atoms with E-state index in [1.54, 1.807) is 24.0 Å². The standard InChI is InChI=1S/C29H31N7O4S2/c1-2-35-24-7-4-3-6-22(24)23-16-20(9-10-25(23)35)33-28(37)26-18-34(29(38)31-12-11-21-17-30-19-32-21)13-14-36(26)42(39,40)27-8-5-15-41-27/h3-10,15-17,19,26H,2,11-14,18H2,1H3,(H,30,32)(H,31,38)(H,33,37)/t26-/m0/s1. The molecular weight excluding hydrogens is 574 g/mol. The minimum absolute atomic E-state index is 0.00465. The van der Waals surface area contributed by atoms with E-state index in [4.69, 9.17) is 0 Å². The number of piperazine rings is 1. The number of fused-ring (bicyclic) bond motifs is 3. The topological polar surface area (TPSA) is 132 Å². The van der Waals surface area contributed by atoms with Crippen LogP contribution in [-0.4, -0.2) is 76.3 Å². The van der Waals surface area contributed by atoms with Crippen LogP contribution in [0.3, 0.4) is 0 Å². The van der Waals surface area contributed by atoms with E-state index in [-0.39, 0.29) is 29.9 Å². The molecule has 1 saturated heterocycles. The first-order valence-electron chi connectivity index (χ1n) is 13.7. The van der Waals surface area contributed by atoms with Gasteiger partial charge in [-0.25, -0.2) is 18.2 Å². The molecule has 11 nitrogen and oxygen atoms in total. The summed E-state index contributed by atoms with van der Waals surface area (Å²) in [6.07, 6.45) is 3.84. The van der Waals surface area contributed by atoms with Gasteiger partial charge in [0.15, 0.2) is 0 Å². The zero-order chi connectivity index (χ0) is 29.3. The molecule has 5 aromatic rings. The van der Waals surface area contributed by atoms with Crippen LogP contribution in [0.1, 0.15) is 12.6 Å². The molecule has 4 heterocycles. The summed E-state index contributed by atoms with van der Waals surface area (Å²) in [5.41, 5.74) is 3.60. The van der Waals surface area contributed by atoms with E-state index in [1.807, 2.05) is 30.3 Å². The fourth-order valence-electron chi connectivity index (χ4n) is 5.51. The molecule has 13 heteroatoms. The molecule has 0 bridgehead atoms. The number of amides is 3. The lowest BCUT2D eigenvalue weighted by atomic mass is 10.1. The van der Waals surface area contributed by atoms with E-state index in [1.165, 1.54) is 15.3 Å². The maximum atomic E-state index is 13.8. The molecule has 0 spiro atoms. The fraction of sp³-hybridized carbons (Fsp3) is 0.276. The maximum Gasteiger partial charge on any atom is 0.317 e. The molecule has 3 N–H and O–H groups in total. The summed E-state index contributed by atoms with van der Waals surface area (Å²) in [6.45, 7) is 3.34. The molecule has 2 aromatic carbocycles. The van der Waals surface area contributed by atoms with Gasteiger partial charge in [-0.15, -0.1) is 11.3 Å². The monoisotopic (exact) mass is 605 g/mol. The average Bonchev–Trinajstić information content (AvgIpc) is 3.78. The van der Waals surface area contributed by atoms with Crippen molar-refractivity contribution in [3.05, 3.63) is 78.2 Å². The Balaban J connectivity index is 1.25. The molecule has 1 fully saturated rings. The Morgan fingerprint density at radius 3 is 2.67 bits per heavy atom. The highest BCUT2D eigenvalue weighted by Crippen LogP contribution is 2.31. The highest BCUT2D eigenvalue weighted by atomic mass is 32.2. The number of nitrogens with one attached hydrogen (secondary N) is 3. The van der Waals surface area contributed by atoms with E-state index >= 15 is 0 Å². The smallest absolute Gasteiger partial charge is 0.317 e. The zero-order valence-corrected chi connectivity index (χ0v) is 24.6. The van der Waals surface area contributed by atoms with Gasteiger partial charge in [-0.2, -0.15) is 4.31 Å². The number of hydrogen-bond acceptors (Lipinski definition) is 6. The van der Waals surface area contributed by atoms with Gasteiger partial charge >= 0.3 is 6.03 Å². The first-order chi connectivity index (χ1) is 20.4. The van der Waals surface area contributed by atoms with Crippen molar-refractivity contribution < 1.29 is 18.0 Å². The van der Waals surface area contributed by atoms with Crippen LogP contribution in [0.4, 0.5) is 10.5 Å². The van der Waals surface area contributed by atoms with E-state index < -0.39 is 22.0 Å². The van der Waals surface area contributed by atoms with Gasteiger partial charge in [-0.05, 0) is 42.6 Å². The van der Waals surface area contributed by atoms with Crippen LogP contribution in [-0.2, 0) is 27.8 Å². The number of imidazole rings is 1. The minimum Gasteiger partial charge on any atom is -0.348 e. The summed E-state index contributed by atoms with van der Waals surface area (Å²) in [7, 11) is -3.95. The number of benzene rings is 2. The van der Waals surface area contributed by atoms with Crippen molar-refractivity contribution in [2.45, 2.75) is 30.1 Å². The van der Waals surface area contributed by atoms with Crippen molar-refractivity contribution >= 4 is 60.8 Å². The van der Waals surface area contributed by atoms with Gasteiger partial charge in [0.2, 0.25) is 5.91 Å². The second-order valence-corrected chi connectivity index (χ2v) is 13.1. The SMILES string of the molecule is CCn1c2ccccc2c2cc(NC(=O)[C@@H]3CN(C(=O)NCCc4cnc[nH]4)CCN3S(=O)(=O)c3cccs3)ccc21. The number of anilines is 1. The molecule has 6 rings (SSSR count). The zero-order valence-electron chi connectivity index (χ0n) is 23.0. The second-order valence-electron chi connectivity index (χ2n) is 10.1. The van der Waals surface area contributed by atoms with Gasteiger partial charge in [0.1, 0.15) is 10.3 Å². The summed E-state index contributed by atoms with van der Waals surface area (Å²) in [6, 6.07) is 15.5. The number of nitrogens with zero attached hydrogens (tertiary/aromatic N) is 4. The molecule has 0 saturated carbocycles. The summed E-state index contributed by atoms with van der Waals surface area (Å²) < 4.78 is 30.7. The number of para-hydroxylation sites is 1. The van der Waals surface area contributed by atoms with Gasteiger partial charge in [0.05, 0.1) is 6.33 Å². The van der Waals surface area contributed by atoms with E-state index in [2.05, 4.69) is 44.2 Å². The number of aromatic amines is 1.